The quantitative estimate of drug-likeness (QED) is 0.168. The molecule has 5 aliphatic heterocycles. The molecule has 16 heteroatoms. The van der Waals surface area contributed by atoms with Crippen LogP contribution in [0.4, 0.5) is 0 Å². The number of fused-ring (bicyclic) bond motifs is 7. The Labute approximate surface area is 358 Å². The highest BCUT2D eigenvalue weighted by atomic mass is 16.8. The molecular weight excluding hydrogens is 796 g/mol. The standard InChI is InChI=1S/C45H72O16/c1-19-9-14-45(54-18-19)20(2)30-28(61-45)16-27-25-8-7-23-15-24(10-12-43(23,5)26(25)11-13-44(27,30)6)57-42-39(60-41-36(52)34(50)32(48)22(4)56-41)37(53)38(29(17-46)58-42)59-40-35(51)33(49)31(47)21(3)55-40/h7,19-22,24-42,46-53H,8-18H2,1-6H3/t19-,20+,21+,22+,24+,25-,26+,27+,28+,29-,30+,31+,32+,33-,34?,35-,36?,37+,38-,39-,40+,41+,42-,43+,44+,45-/m1/s1. The van der Waals surface area contributed by atoms with Gasteiger partial charge in [-0.3, -0.25) is 0 Å². The second-order valence-electron chi connectivity index (χ2n) is 21.1. The topological polar surface area (TPSA) is 236 Å². The number of ether oxygens (including phenoxy) is 8. The van der Waals surface area contributed by atoms with Crippen molar-refractivity contribution in [3.8, 4) is 0 Å². The molecule has 0 aromatic heterocycles. The molecule has 4 aliphatic carbocycles. The van der Waals surface area contributed by atoms with Crippen molar-refractivity contribution in [3.05, 3.63) is 11.6 Å². The van der Waals surface area contributed by atoms with Crippen LogP contribution in [0.1, 0.15) is 99.3 Å². The first kappa shape index (κ1) is 45.3. The minimum atomic E-state index is -1.71. The van der Waals surface area contributed by atoms with E-state index in [-0.39, 0.29) is 23.0 Å². The van der Waals surface area contributed by atoms with Gasteiger partial charge in [-0.15, -0.1) is 0 Å². The van der Waals surface area contributed by atoms with E-state index in [1.54, 1.807) is 0 Å². The Kier molecular flexibility index (Phi) is 12.4. The summed E-state index contributed by atoms with van der Waals surface area (Å²) in [4.78, 5) is 0. The second-order valence-corrected chi connectivity index (χ2v) is 21.1. The number of hydrogen-bond donors (Lipinski definition) is 8. The van der Waals surface area contributed by atoms with Crippen LogP contribution in [0.15, 0.2) is 11.6 Å². The fourth-order valence-electron chi connectivity index (χ4n) is 14.0. The van der Waals surface area contributed by atoms with Crippen LogP contribution in [0, 0.1) is 46.3 Å². The maximum Gasteiger partial charge on any atom is 0.187 e. The van der Waals surface area contributed by atoms with Crippen molar-refractivity contribution in [3.63, 3.8) is 0 Å². The van der Waals surface area contributed by atoms with Gasteiger partial charge in [-0.25, -0.2) is 0 Å². The molecule has 0 amide bonds. The molecule has 1 spiro atoms. The summed E-state index contributed by atoms with van der Waals surface area (Å²) < 4.78 is 50.1. The van der Waals surface area contributed by atoms with Crippen LogP contribution in [0.2, 0.25) is 0 Å². The summed E-state index contributed by atoms with van der Waals surface area (Å²) in [5.74, 6) is 2.64. The molecule has 348 valence electrons. The van der Waals surface area contributed by atoms with E-state index in [1.165, 1.54) is 25.8 Å². The molecule has 8 fully saturated rings. The first-order valence-electron chi connectivity index (χ1n) is 23.2. The highest BCUT2D eigenvalue weighted by Gasteiger charge is 2.69. The van der Waals surface area contributed by atoms with Gasteiger partial charge in [0, 0.05) is 12.3 Å². The number of rotatable bonds is 7. The van der Waals surface area contributed by atoms with Gasteiger partial charge in [0.05, 0.1) is 37.6 Å². The first-order valence-corrected chi connectivity index (χ1v) is 23.2. The largest absolute Gasteiger partial charge is 0.394 e. The molecule has 0 radical (unpaired) electrons. The van der Waals surface area contributed by atoms with Gasteiger partial charge in [0.1, 0.15) is 61.0 Å². The second kappa shape index (κ2) is 16.8. The zero-order valence-electron chi connectivity index (χ0n) is 36.5. The average molecular weight is 869 g/mol. The van der Waals surface area contributed by atoms with E-state index in [0.29, 0.717) is 48.3 Å². The fraction of sp³-hybridized carbons (Fsp3) is 0.956. The Bertz CT molecular complexity index is 1590. The van der Waals surface area contributed by atoms with Crippen LogP contribution < -0.4 is 0 Å². The fourth-order valence-corrected chi connectivity index (χ4v) is 14.0. The van der Waals surface area contributed by atoms with Crippen molar-refractivity contribution in [1.29, 1.82) is 0 Å². The lowest BCUT2D eigenvalue weighted by atomic mass is 9.47. The van der Waals surface area contributed by atoms with Crippen LogP contribution in [-0.4, -0.2) is 164 Å². The van der Waals surface area contributed by atoms with Gasteiger partial charge < -0.3 is 78.7 Å². The van der Waals surface area contributed by atoms with Crippen LogP contribution in [-0.2, 0) is 37.9 Å². The van der Waals surface area contributed by atoms with Crippen molar-refractivity contribution < 1.29 is 78.7 Å². The minimum absolute atomic E-state index is 0.0171. The summed E-state index contributed by atoms with van der Waals surface area (Å²) in [6.45, 7) is 12.7. The zero-order valence-corrected chi connectivity index (χ0v) is 36.5. The Hall–Kier alpha value is -0.900. The number of aliphatic hydroxyl groups is 8. The predicted octanol–water partition coefficient (Wildman–Crippen LogP) is 1.24. The lowest BCUT2D eigenvalue weighted by Crippen LogP contribution is -2.66. The third kappa shape index (κ3) is 7.42. The van der Waals surface area contributed by atoms with E-state index >= 15 is 0 Å². The molecular formula is C45H72O16. The van der Waals surface area contributed by atoms with Gasteiger partial charge in [0.15, 0.2) is 24.7 Å². The summed E-state index contributed by atoms with van der Waals surface area (Å²) in [7, 11) is 0. The van der Waals surface area contributed by atoms with Crippen LogP contribution in [0.25, 0.3) is 0 Å². The summed E-state index contributed by atoms with van der Waals surface area (Å²) in [6, 6.07) is 0. The number of allylic oxidation sites excluding steroid dienone is 1. The van der Waals surface area contributed by atoms with E-state index < -0.39 is 105 Å². The van der Waals surface area contributed by atoms with Crippen LogP contribution in [0.5, 0.6) is 0 Å². The Morgan fingerprint density at radius 2 is 1.34 bits per heavy atom. The normalized spacial score (nSPS) is 58.4. The summed E-state index contributed by atoms with van der Waals surface area (Å²) >= 11 is 0. The summed E-state index contributed by atoms with van der Waals surface area (Å²) in [5, 5.41) is 85.9. The van der Waals surface area contributed by atoms with Gasteiger partial charge in [0.2, 0.25) is 0 Å². The van der Waals surface area contributed by atoms with Crippen LogP contribution >= 0.6 is 0 Å². The molecule has 16 nitrogen and oxygen atoms in total. The van der Waals surface area contributed by atoms with E-state index in [1.807, 2.05) is 0 Å². The molecule has 3 saturated carbocycles. The Morgan fingerprint density at radius 1 is 0.689 bits per heavy atom. The van der Waals surface area contributed by atoms with Gasteiger partial charge in [-0.2, -0.15) is 0 Å². The van der Waals surface area contributed by atoms with Crippen molar-refractivity contribution in [2.24, 2.45) is 46.3 Å². The van der Waals surface area contributed by atoms with Gasteiger partial charge >= 0.3 is 0 Å². The Balaban J connectivity index is 0.916. The molecule has 9 rings (SSSR count). The SMILES string of the molecule is C[C@@H]1CC[C@@]2(OC1)O[C@H]1C[C@H]3[C@@H]4CC=C5C[C@@H](O[C@@H]6O[C@H](CO)[C@@H](O[C@@H]7O[C@@H](C)[C@H](O)[C@@H](O)[C@H]7O)[C@H](O)[C@H]6O[C@@H]6O[C@@H](C)[C@H](O)C(O)C6O)CC[C@]5(C)[C@H]4CC[C@]3(C)[C@H]1[C@@H]2C. The molecule has 5 saturated heterocycles. The van der Waals surface area contributed by atoms with Gasteiger partial charge in [0.25, 0.3) is 0 Å². The molecule has 0 aromatic carbocycles. The monoisotopic (exact) mass is 868 g/mol. The maximum absolute atomic E-state index is 12.0. The lowest BCUT2D eigenvalue weighted by molar-refractivity contribution is -0.388. The minimum Gasteiger partial charge on any atom is -0.394 e. The molecule has 26 atom stereocenters. The van der Waals surface area contributed by atoms with Crippen LogP contribution in [0.3, 0.4) is 0 Å². The van der Waals surface area contributed by atoms with E-state index in [2.05, 4.69) is 33.8 Å². The first-order chi connectivity index (χ1) is 28.9. The molecule has 2 unspecified atom stereocenters. The number of hydrogen-bond acceptors (Lipinski definition) is 16. The summed E-state index contributed by atoms with van der Waals surface area (Å²) in [6.07, 6.45) is -10.4. The highest BCUT2D eigenvalue weighted by molar-refractivity contribution is 5.26. The molecule has 9 aliphatic rings. The smallest absolute Gasteiger partial charge is 0.187 e. The number of aliphatic hydroxyl groups excluding tert-OH is 8. The van der Waals surface area contributed by atoms with Gasteiger partial charge in [-0.1, -0.05) is 39.3 Å². The predicted molar refractivity (Wildman–Crippen MR) is 213 cm³/mol. The molecule has 5 heterocycles. The van der Waals surface area contributed by atoms with Crippen molar-refractivity contribution in [2.75, 3.05) is 13.2 Å². The zero-order chi connectivity index (χ0) is 43.5. The third-order valence-electron chi connectivity index (χ3n) is 17.6. The average Bonchev–Trinajstić information content (AvgIpc) is 3.69. The highest BCUT2D eigenvalue weighted by Crippen LogP contribution is 2.70. The lowest BCUT2D eigenvalue weighted by Gasteiger charge is -2.58. The van der Waals surface area contributed by atoms with E-state index in [9.17, 15) is 40.9 Å². The molecule has 61 heavy (non-hydrogen) atoms. The van der Waals surface area contributed by atoms with Crippen molar-refractivity contribution in [2.45, 2.75) is 209 Å². The summed E-state index contributed by atoms with van der Waals surface area (Å²) in [5.41, 5.74) is 1.53. The van der Waals surface area contributed by atoms with Crippen molar-refractivity contribution >= 4 is 0 Å². The third-order valence-corrected chi connectivity index (χ3v) is 17.6. The Morgan fingerprint density at radius 3 is 1.97 bits per heavy atom. The van der Waals surface area contributed by atoms with E-state index in [4.69, 9.17) is 37.9 Å². The molecule has 0 bridgehead atoms. The van der Waals surface area contributed by atoms with Gasteiger partial charge in [-0.05, 0) is 106 Å². The maximum atomic E-state index is 12.0. The molecule has 0 aromatic rings. The van der Waals surface area contributed by atoms with Crippen molar-refractivity contribution in [1.82, 2.24) is 0 Å². The van der Waals surface area contributed by atoms with E-state index in [0.717, 1.165) is 45.1 Å². The molecule has 8 N–H and O–H groups in total.